The molecular formula is C24H27N9O3. The van der Waals surface area contributed by atoms with Crippen LogP contribution in [0.25, 0.3) is 11.5 Å². The summed E-state index contributed by atoms with van der Waals surface area (Å²) >= 11 is 0. The lowest BCUT2D eigenvalue weighted by atomic mass is 9.89. The van der Waals surface area contributed by atoms with Gasteiger partial charge in [-0.2, -0.15) is 14.7 Å². The third kappa shape index (κ3) is 3.70. The van der Waals surface area contributed by atoms with Crippen LogP contribution in [0.4, 0.5) is 17.3 Å². The summed E-state index contributed by atoms with van der Waals surface area (Å²) in [6, 6.07) is 7.13. The van der Waals surface area contributed by atoms with Crippen molar-refractivity contribution in [3.8, 4) is 5.82 Å². The molecule has 1 saturated carbocycles. The highest BCUT2D eigenvalue weighted by molar-refractivity contribution is 6.00. The molecule has 1 aliphatic heterocycles. The van der Waals surface area contributed by atoms with Gasteiger partial charge in [0, 0.05) is 44.7 Å². The van der Waals surface area contributed by atoms with Crippen molar-refractivity contribution < 1.29 is 9.53 Å². The van der Waals surface area contributed by atoms with Crippen molar-refractivity contribution >= 4 is 28.9 Å². The molecule has 0 bridgehead atoms. The fourth-order valence-electron chi connectivity index (χ4n) is 4.80. The Balaban J connectivity index is 1.32. The Labute approximate surface area is 206 Å². The van der Waals surface area contributed by atoms with E-state index in [4.69, 9.17) is 4.74 Å². The quantitative estimate of drug-likeness (QED) is 0.358. The number of aromatic nitrogens is 6. The number of methoxy groups -OCH3 is 1. The smallest absolute Gasteiger partial charge is 0.280 e. The van der Waals surface area contributed by atoms with Gasteiger partial charge in [0.2, 0.25) is 0 Å². The van der Waals surface area contributed by atoms with Gasteiger partial charge in [0.25, 0.3) is 11.5 Å². The topological polar surface area (TPSA) is 132 Å². The molecule has 36 heavy (non-hydrogen) atoms. The molecule has 4 aromatic rings. The van der Waals surface area contributed by atoms with Crippen LogP contribution in [0.3, 0.4) is 0 Å². The number of carbonyl (C=O) groups is 1. The van der Waals surface area contributed by atoms with Crippen molar-refractivity contribution in [2.75, 3.05) is 24.8 Å². The Hall–Kier alpha value is -4.19. The van der Waals surface area contributed by atoms with Crippen molar-refractivity contribution in [3.05, 3.63) is 58.3 Å². The lowest BCUT2D eigenvalue weighted by Gasteiger charge is -2.35. The van der Waals surface area contributed by atoms with E-state index in [1.165, 1.54) is 10.8 Å². The van der Waals surface area contributed by atoms with Crippen molar-refractivity contribution in [1.82, 2.24) is 34.3 Å². The number of ether oxygens (including phenoxy) is 1. The average Bonchev–Trinajstić information content (AvgIpc) is 3.58. The highest BCUT2D eigenvalue weighted by Gasteiger charge is 2.33. The zero-order valence-electron chi connectivity index (χ0n) is 20.1. The standard InChI is InChI=1S/C24H27N9O3/c1-25-20-12-19(29-22-15(13-26-33(20)22)23(34)28-16-7-8-18(16)36-2)27-17-6-4-9-31(24(17)35)21-11-14-5-3-10-32(14)30-21/h4,6,9,11-13,16,18,25H,3,5,7-8,10H2,1-2H3,(H,27,29)(H,28,34)/t16-,18-/m1/s1. The molecule has 3 N–H and O–H groups in total. The van der Waals surface area contributed by atoms with Crippen LogP contribution in [-0.2, 0) is 17.7 Å². The van der Waals surface area contributed by atoms with Crippen LogP contribution in [0.2, 0.25) is 0 Å². The predicted molar refractivity (Wildman–Crippen MR) is 133 cm³/mol. The highest BCUT2D eigenvalue weighted by Crippen LogP contribution is 2.25. The van der Waals surface area contributed by atoms with Gasteiger partial charge in [-0.15, -0.1) is 0 Å². The van der Waals surface area contributed by atoms with E-state index >= 15 is 0 Å². The SMILES string of the molecule is CNc1cc(Nc2cccn(-c3cc4n(n3)CCC4)c2=O)nc2c(C(=O)N[C@@H]3CC[C@H]3OC)cnn12. The number of fused-ring (bicyclic) bond motifs is 2. The van der Waals surface area contributed by atoms with E-state index in [9.17, 15) is 9.59 Å². The second-order valence-electron chi connectivity index (χ2n) is 9.04. The van der Waals surface area contributed by atoms with Gasteiger partial charge in [-0.3, -0.25) is 18.8 Å². The maximum absolute atomic E-state index is 13.3. The monoisotopic (exact) mass is 489 g/mol. The van der Waals surface area contributed by atoms with Gasteiger partial charge in [0.1, 0.15) is 22.9 Å². The summed E-state index contributed by atoms with van der Waals surface area (Å²) in [4.78, 5) is 30.9. The second kappa shape index (κ2) is 8.79. The first-order valence-electron chi connectivity index (χ1n) is 12.0. The van der Waals surface area contributed by atoms with E-state index in [0.29, 0.717) is 34.4 Å². The van der Waals surface area contributed by atoms with Crippen LogP contribution in [-0.4, -0.2) is 61.2 Å². The molecule has 0 radical (unpaired) electrons. The van der Waals surface area contributed by atoms with Gasteiger partial charge < -0.3 is 20.7 Å². The number of amides is 1. The molecule has 1 amide bonds. The Morgan fingerprint density at radius 3 is 2.89 bits per heavy atom. The molecule has 2 aliphatic rings. The largest absolute Gasteiger partial charge is 0.379 e. The molecule has 4 aromatic heterocycles. The molecule has 5 heterocycles. The molecule has 0 saturated heterocycles. The van der Waals surface area contributed by atoms with E-state index in [1.807, 2.05) is 10.7 Å². The van der Waals surface area contributed by atoms with Crippen molar-refractivity contribution in [3.63, 3.8) is 0 Å². The number of rotatable bonds is 7. The number of nitrogens with one attached hydrogen (secondary N) is 3. The first-order chi connectivity index (χ1) is 17.6. The zero-order chi connectivity index (χ0) is 24.8. The van der Waals surface area contributed by atoms with Gasteiger partial charge in [-0.1, -0.05) is 0 Å². The maximum atomic E-state index is 13.3. The van der Waals surface area contributed by atoms with Gasteiger partial charge in [-0.25, -0.2) is 4.98 Å². The molecule has 0 unspecified atom stereocenters. The molecule has 1 aliphatic carbocycles. The summed E-state index contributed by atoms with van der Waals surface area (Å²) in [6.45, 7) is 0.868. The van der Waals surface area contributed by atoms with Gasteiger partial charge in [0.15, 0.2) is 11.5 Å². The molecule has 0 aromatic carbocycles. The van der Waals surface area contributed by atoms with Crippen molar-refractivity contribution in [2.24, 2.45) is 0 Å². The van der Waals surface area contributed by atoms with Crippen LogP contribution >= 0.6 is 0 Å². The summed E-state index contributed by atoms with van der Waals surface area (Å²) in [6.07, 6.45) is 7.04. The number of anilines is 3. The number of pyridine rings is 1. The summed E-state index contributed by atoms with van der Waals surface area (Å²) in [5, 5.41) is 18.1. The maximum Gasteiger partial charge on any atom is 0.280 e. The summed E-state index contributed by atoms with van der Waals surface area (Å²) in [5.74, 6) is 1.35. The molecule has 186 valence electrons. The van der Waals surface area contributed by atoms with Crippen LogP contribution in [0.15, 0.2) is 41.5 Å². The Kier molecular flexibility index (Phi) is 5.44. The minimum absolute atomic E-state index is 0.0191. The third-order valence-electron chi connectivity index (χ3n) is 6.91. The lowest BCUT2D eigenvalue weighted by molar-refractivity contribution is 0.00732. The summed E-state index contributed by atoms with van der Waals surface area (Å²) < 4.78 is 10.4. The minimum Gasteiger partial charge on any atom is -0.379 e. The molecule has 1 fully saturated rings. The number of hydrogen-bond acceptors (Lipinski definition) is 8. The molecule has 12 heteroatoms. The predicted octanol–water partition coefficient (Wildman–Crippen LogP) is 1.72. The first kappa shape index (κ1) is 22.3. The highest BCUT2D eigenvalue weighted by atomic mass is 16.5. The zero-order valence-corrected chi connectivity index (χ0v) is 20.1. The molecule has 6 rings (SSSR count). The van der Waals surface area contributed by atoms with Crippen LogP contribution in [0.5, 0.6) is 0 Å². The molecule has 2 atom stereocenters. The van der Waals surface area contributed by atoms with Gasteiger partial charge in [0.05, 0.1) is 18.3 Å². The van der Waals surface area contributed by atoms with E-state index in [-0.39, 0.29) is 23.6 Å². The van der Waals surface area contributed by atoms with Crippen molar-refractivity contribution in [2.45, 2.75) is 44.4 Å². The third-order valence-corrected chi connectivity index (χ3v) is 6.91. The van der Waals surface area contributed by atoms with E-state index in [0.717, 1.165) is 37.9 Å². The van der Waals surface area contributed by atoms with E-state index < -0.39 is 0 Å². The number of nitrogens with zero attached hydrogens (tertiary/aromatic N) is 6. The average molecular weight is 490 g/mol. The van der Waals surface area contributed by atoms with Crippen molar-refractivity contribution in [1.29, 1.82) is 0 Å². The van der Waals surface area contributed by atoms with Gasteiger partial charge in [-0.05, 0) is 37.8 Å². The normalized spacial score (nSPS) is 18.6. The second-order valence-corrected chi connectivity index (χ2v) is 9.04. The minimum atomic E-state index is -0.265. The van der Waals surface area contributed by atoms with Crippen LogP contribution in [0.1, 0.15) is 35.3 Å². The number of carbonyl (C=O) groups excluding carboxylic acids is 1. The van der Waals surface area contributed by atoms with E-state index in [2.05, 4.69) is 31.1 Å². The number of hydrogen-bond donors (Lipinski definition) is 3. The Morgan fingerprint density at radius 1 is 1.25 bits per heavy atom. The van der Waals surface area contributed by atoms with E-state index in [1.54, 1.807) is 43.1 Å². The summed E-state index contributed by atoms with van der Waals surface area (Å²) in [7, 11) is 3.40. The first-order valence-corrected chi connectivity index (χ1v) is 12.0. The van der Waals surface area contributed by atoms with Gasteiger partial charge >= 0.3 is 0 Å². The summed E-state index contributed by atoms with van der Waals surface area (Å²) in [5.41, 5.74) is 1.94. The fourth-order valence-corrected chi connectivity index (χ4v) is 4.80. The fraction of sp³-hybridized carbons (Fsp3) is 0.375. The molecule has 12 nitrogen and oxygen atoms in total. The molecular weight excluding hydrogens is 462 g/mol. The number of aryl methyl sites for hydroxylation is 2. The Bertz CT molecular complexity index is 1500. The van der Waals surface area contributed by atoms with Crippen LogP contribution < -0.4 is 21.5 Å². The lowest BCUT2D eigenvalue weighted by Crippen LogP contribution is -2.51. The Morgan fingerprint density at radius 2 is 2.14 bits per heavy atom. The molecule has 0 spiro atoms. The van der Waals surface area contributed by atoms with Crippen LogP contribution in [0, 0.1) is 0 Å².